The van der Waals surface area contributed by atoms with Gasteiger partial charge in [0, 0.05) is 20.2 Å². The summed E-state index contributed by atoms with van der Waals surface area (Å²) in [6, 6.07) is 0. The molecule has 0 unspecified atom stereocenters. The van der Waals surface area contributed by atoms with Crippen LogP contribution in [0, 0.1) is 6.92 Å². The number of nitrogens with zero attached hydrogens (tertiary/aromatic N) is 5. The van der Waals surface area contributed by atoms with Crippen molar-refractivity contribution in [1.82, 2.24) is 30.2 Å². The Kier molecular flexibility index (Phi) is 5.44. The van der Waals surface area contributed by atoms with Gasteiger partial charge in [0.25, 0.3) is 5.91 Å². The number of carbonyl (C=O) groups excluding carboxylic acids is 1. The zero-order valence-electron chi connectivity index (χ0n) is 14.9. The van der Waals surface area contributed by atoms with Crippen LogP contribution < -0.4 is 5.32 Å². The molecule has 0 bridgehead atoms. The highest BCUT2D eigenvalue weighted by Crippen LogP contribution is 2.15. The fourth-order valence-corrected chi connectivity index (χ4v) is 2.84. The molecule has 3 heterocycles. The van der Waals surface area contributed by atoms with Gasteiger partial charge >= 0.3 is 0 Å². The van der Waals surface area contributed by atoms with Crippen LogP contribution in [0.4, 0.5) is 0 Å². The second-order valence-corrected chi connectivity index (χ2v) is 6.11. The van der Waals surface area contributed by atoms with Crippen molar-refractivity contribution in [1.29, 1.82) is 0 Å². The third kappa shape index (κ3) is 4.23. The minimum Gasteiger partial charge on any atom is -0.447 e. The molecule has 0 radical (unpaired) electrons. The molecule has 0 aliphatic carbocycles. The van der Waals surface area contributed by atoms with E-state index >= 15 is 0 Å². The first kappa shape index (κ1) is 17.6. The maximum atomic E-state index is 12.2. The van der Waals surface area contributed by atoms with Crippen LogP contribution >= 0.6 is 0 Å². The Morgan fingerprint density at radius 2 is 2.32 bits per heavy atom. The molecule has 2 aromatic rings. The summed E-state index contributed by atoms with van der Waals surface area (Å²) >= 11 is 0. The van der Waals surface area contributed by atoms with Gasteiger partial charge in [-0.25, -0.2) is 4.98 Å². The first-order chi connectivity index (χ1) is 12.1. The van der Waals surface area contributed by atoms with Gasteiger partial charge in [-0.3, -0.25) is 9.69 Å². The van der Waals surface area contributed by atoms with Crippen molar-refractivity contribution < 1.29 is 13.9 Å². The van der Waals surface area contributed by atoms with E-state index < -0.39 is 0 Å². The number of methoxy groups -OCH3 is 1. The van der Waals surface area contributed by atoms with E-state index in [4.69, 9.17) is 9.15 Å². The number of aryl methyl sites for hydroxylation is 2. The van der Waals surface area contributed by atoms with Gasteiger partial charge in [0.15, 0.2) is 5.69 Å². The Morgan fingerprint density at radius 1 is 1.48 bits per heavy atom. The summed E-state index contributed by atoms with van der Waals surface area (Å²) < 4.78 is 10.8. The summed E-state index contributed by atoms with van der Waals surface area (Å²) in [4.78, 5) is 20.3. The Morgan fingerprint density at radius 3 is 3.00 bits per heavy atom. The molecule has 2 aromatic heterocycles. The van der Waals surface area contributed by atoms with E-state index in [2.05, 4.69) is 25.4 Å². The SMILES string of the molecule is CCn1nc(C)c(CNC(=O)c2coc(CN3CC[C@H](OC)C3)n2)n1. The average molecular weight is 348 g/mol. The number of ether oxygens (including phenoxy) is 1. The lowest BCUT2D eigenvalue weighted by Gasteiger charge is -2.12. The fraction of sp³-hybridized carbons (Fsp3) is 0.625. The van der Waals surface area contributed by atoms with Crippen LogP contribution in [0.5, 0.6) is 0 Å². The minimum atomic E-state index is -0.281. The zero-order chi connectivity index (χ0) is 17.8. The van der Waals surface area contributed by atoms with E-state index in [0.29, 0.717) is 25.5 Å². The van der Waals surface area contributed by atoms with Crippen molar-refractivity contribution in [3.8, 4) is 0 Å². The van der Waals surface area contributed by atoms with Crippen LogP contribution in [0.2, 0.25) is 0 Å². The number of carbonyl (C=O) groups is 1. The molecule has 0 saturated carbocycles. The molecule has 0 aromatic carbocycles. The predicted octanol–water partition coefficient (Wildman–Crippen LogP) is 0.745. The molecule has 1 N–H and O–H groups in total. The predicted molar refractivity (Wildman–Crippen MR) is 88.8 cm³/mol. The summed E-state index contributed by atoms with van der Waals surface area (Å²) in [5, 5.41) is 11.4. The van der Waals surface area contributed by atoms with Gasteiger partial charge in [-0.2, -0.15) is 15.0 Å². The van der Waals surface area contributed by atoms with E-state index in [9.17, 15) is 4.79 Å². The Hall–Kier alpha value is -2.26. The Balaban J connectivity index is 1.53. The quantitative estimate of drug-likeness (QED) is 0.788. The first-order valence-electron chi connectivity index (χ1n) is 8.47. The molecular weight excluding hydrogens is 324 g/mol. The molecule has 136 valence electrons. The summed E-state index contributed by atoms with van der Waals surface area (Å²) in [6.45, 7) is 7.22. The first-order valence-corrected chi connectivity index (χ1v) is 8.47. The monoisotopic (exact) mass is 348 g/mol. The normalized spacial score (nSPS) is 18.0. The lowest BCUT2D eigenvalue weighted by atomic mass is 10.3. The molecule has 1 aliphatic heterocycles. The van der Waals surface area contributed by atoms with E-state index in [1.807, 2.05) is 13.8 Å². The third-order valence-electron chi connectivity index (χ3n) is 4.32. The van der Waals surface area contributed by atoms with Gasteiger partial charge in [0.05, 0.1) is 31.4 Å². The molecule has 3 rings (SSSR count). The van der Waals surface area contributed by atoms with Crippen molar-refractivity contribution >= 4 is 5.91 Å². The van der Waals surface area contributed by atoms with Gasteiger partial charge in [-0.05, 0) is 20.3 Å². The average Bonchev–Trinajstić information content (AvgIpc) is 3.33. The number of likely N-dealkylation sites (tertiary alicyclic amines) is 1. The van der Waals surface area contributed by atoms with Crippen LogP contribution in [0.1, 0.15) is 41.1 Å². The van der Waals surface area contributed by atoms with Crippen molar-refractivity contribution in [3.63, 3.8) is 0 Å². The summed E-state index contributed by atoms with van der Waals surface area (Å²) in [5.41, 5.74) is 1.84. The Labute approximate surface area is 146 Å². The molecular formula is C16H24N6O3. The van der Waals surface area contributed by atoms with Gasteiger partial charge in [-0.15, -0.1) is 0 Å². The molecule has 0 spiro atoms. The van der Waals surface area contributed by atoms with Crippen molar-refractivity contribution in [2.24, 2.45) is 0 Å². The van der Waals surface area contributed by atoms with Crippen LogP contribution in [-0.2, 0) is 24.4 Å². The smallest absolute Gasteiger partial charge is 0.273 e. The maximum absolute atomic E-state index is 12.2. The van der Waals surface area contributed by atoms with E-state index in [1.165, 1.54) is 6.26 Å². The molecule has 25 heavy (non-hydrogen) atoms. The summed E-state index contributed by atoms with van der Waals surface area (Å²) in [6.07, 6.45) is 2.66. The second-order valence-electron chi connectivity index (χ2n) is 6.11. The molecule has 1 aliphatic rings. The van der Waals surface area contributed by atoms with Gasteiger partial charge < -0.3 is 14.5 Å². The van der Waals surface area contributed by atoms with Crippen LogP contribution in [0.25, 0.3) is 0 Å². The Bertz CT molecular complexity index is 725. The van der Waals surface area contributed by atoms with Crippen molar-refractivity contribution in [3.05, 3.63) is 29.2 Å². The highest BCUT2D eigenvalue weighted by Gasteiger charge is 2.24. The van der Waals surface area contributed by atoms with Crippen LogP contribution in [0.15, 0.2) is 10.7 Å². The van der Waals surface area contributed by atoms with Gasteiger partial charge in [-0.1, -0.05) is 0 Å². The number of nitrogens with one attached hydrogen (secondary N) is 1. The highest BCUT2D eigenvalue weighted by atomic mass is 16.5. The van der Waals surface area contributed by atoms with Crippen molar-refractivity contribution in [2.75, 3.05) is 20.2 Å². The number of oxazole rings is 1. The van der Waals surface area contributed by atoms with E-state index in [-0.39, 0.29) is 17.7 Å². The van der Waals surface area contributed by atoms with Crippen molar-refractivity contribution in [2.45, 2.75) is 46.0 Å². The lowest BCUT2D eigenvalue weighted by Crippen LogP contribution is -2.24. The number of rotatable bonds is 7. The third-order valence-corrected chi connectivity index (χ3v) is 4.32. The lowest BCUT2D eigenvalue weighted by molar-refractivity contribution is 0.0945. The van der Waals surface area contributed by atoms with Gasteiger partial charge in [0.2, 0.25) is 5.89 Å². The molecule has 1 amide bonds. The number of hydrogen-bond acceptors (Lipinski definition) is 7. The largest absolute Gasteiger partial charge is 0.447 e. The van der Waals surface area contributed by atoms with E-state index in [0.717, 1.165) is 30.9 Å². The standard InChI is InChI=1S/C16H24N6O3/c1-4-22-19-11(2)13(20-22)7-17-16(23)14-10-25-15(18-14)9-21-6-5-12(8-21)24-3/h10,12H,4-9H2,1-3H3,(H,17,23)/t12-/m0/s1. The van der Waals surface area contributed by atoms with Crippen LogP contribution in [0.3, 0.4) is 0 Å². The van der Waals surface area contributed by atoms with E-state index in [1.54, 1.807) is 11.9 Å². The summed E-state index contributed by atoms with van der Waals surface area (Å²) in [7, 11) is 1.72. The number of hydrogen-bond donors (Lipinski definition) is 1. The summed E-state index contributed by atoms with van der Waals surface area (Å²) in [5.74, 6) is 0.256. The van der Waals surface area contributed by atoms with Crippen LogP contribution in [-0.4, -0.2) is 57.1 Å². The molecule has 1 saturated heterocycles. The van der Waals surface area contributed by atoms with Gasteiger partial charge in [0.1, 0.15) is 12.0 Å². The topological polar surface area (TPSA) is 98.3 Å². The molecule has 9 nitrogen and oxygen atoms in total. The number of aromatic nitrogens is 4. The fourth-order valence-electron chi connectivity index (χ4n) is 2.84. The molecule has 9 heteroatoms. The maximum Gasteiger partial charge on any atom is 0.273 e. The molecule has 1 atom stereocenters. The minimum absolute atomic E-state index is 0.262. The number of amides is 1. The second kappa shape index (κ2) is 7.75. The highest BCUT2D eigenvalue weighted by molar-refractivity contribution is 5.91. The molecule has 1 fully saturated rings. The zero-order valence-corrected chi connectivity index (χ0v) is 14.9.